The van der Waals surface area contributed by atoms with Crippen LogP contribution in [0.4, 0.5) is 0 Å². The highest BCUT2D eigenvalue weighted by Crippen LogP contribution is 2.24. The molecular weight excluding hydrogens is 400 g/mol. The second kappa shape index (κ2) is 16.9. The zero-order valence-corrected chi connectivity index (χ0v) is 20.5. The number of carbonyl (C=O) groups is 2. The lowest BCUT2D eigenvalue weighted by Crippen LogP contribution is -2.40. The molecule has 4 heteroatoms. The molecule has 0 spiro atoms. The molecule has 0 aliphatic heterocycles. The van der Waals surface area contributed by atoms with Gasteiger partial charge in [0, 0.05) is 19.3 Å². The predicted octanol–water partition coefficient (Wildman–Crippen LogP) is 7.05. The number of hydrogen-bond acceptors (Lipinski definition) is 3. The lowest BCUT2D eigenvalue weighted by atomic mass is 9.84. The average Bonchev–Trinajstić information content (AvgIpc) is 2.77. The summed E-state index contributed by atoms with van der Waals surface area (Å²) < 4.78 is 0. The summed E-state index contributed by atoms with van der Waals surface area (Å²) in [6.07, 6.45) is 16.3. The van der Waals surface area contributed by atoms with E-state index in [1.165, 1.54) is 57.8 Å². The summed E-state index contributed by atoms with van der Waals surface area (Å²) in [6.45, 7) is 4.24. The molecule has 0 heterocycles. The summed E-state index contributed by atoms with van der Waals surface area (Å²) in [5, 5.41) is 19.9. The number of aliphatic hydroxyl groups is 1. The molecule has 0 fully saturated rings. The van der Waals surface area contributed by atoms with E-state index in [0.29, 0.717) is 25.7 Å². The maximum absolute atomic E-state index is 12.8. The van der Waals surface area contributed by atoms with Crippen LogP contribution in [0.15, 0.2) is 24.3 Å². The van der Waals surface area contributed by atoms with Crippen LogP contribution >= 0.6 is 0 Å². The minimum atomic E-state index is -1.30. The van der Waals surface area contributed by atoms with Crippen LogP contribution in [0.25, 0.3) is 0 Å². The lowest BCUT2D eigenvalue weighted by molar-refractivity contribution is -0.138. The molecule has 0 aliphatic carbocycles. The van der Waals surface area contributed by atoms with Gasteiger partial charge in [0.05, 0.1) is 0 Å². The first-order valence-electron chi connectivity index (χ1n) is 13.0. The molecule has 0 aromatic heterocycles. The standard InChI is InChI=1S/C28H46O4/c1-3-5-6-7-8-9-10-11-12-13-14-15-26(29)28(32,22-4-2)23-25-18-16-24(17-19-25)20-21-27(30)31/h16-19,32H,3-15,20-23H2,1-2H3,(H,30,31). The third-order valence-corrected chi connectivity index (χ3v) is 6.34. The number of rotatable bonds is 20. The maximum Gasteiger partial charge on any atom is 0.303 e. The van der Waals surface area contributed by atoms with Gasteiger partial charge in [0.1, 0.15) is 5.60 Å². The number of ketones is 1. The second-order valence-corrected chi connectivity index (χ2v) is 9.38. The monoisotopic (exact) mass is 446 g/mol. The van der Waals surface area contributed by atoms with Crippen molar-refractivity contribution in [3.8, 4) is 0 Å². The zero-order chi connectivity index (χ0) is 23.7. The second-order valence-electron chi connectivity index (χ2n) is 9.38. The van der Waals surface area contributed by atoms with Gasteiger partial charge < -0.3 is 10.2 Å². The summed E-state index contributed by atoms with van der Waals surface area (Å²) >= 11 is 0. The van der Waals surface area contributed by atoms with Crippen LogP contribution in [0.5, 0.6) is 0 Å². The van der Waals surface area contributed by atoms with Crippen molar-refractivity contribution in [2.45, 2.75) is 129 Å². The average molecular weight is 447 g/mol. The summed E-state index contributed by atoms with van der Waals surface area (Å²) in [4.78, 5) is 23.6. The van der Waals surface area contributed by atoms with Gasteiger partial charge in [0.25, 0.3) is 0 Å². The van der Waals surface area contributed by atoms with Crippen LogP contribution in [0.3, 0.4) is 0 Å². The molecule has 0 saturated heterocycles. The van der Waals surface area contributed by atoms with E-state index in [1.54, 1.807) is 0 Å². The van der Waals surface area contributed by atoms with E-state index in [1.807, 2.05) is 31.2 Å². The van der Waals surface area contributed by atoms with Crippen LogP contribution in [-0.4, -0.2) is 27.6 Å². The first-order valence-corrected chi connectivity index (χ1v) is 13.0. The molecule has 1 aromatic carbocycles. The zero-order valence-electron chi connectivity index (χ0n) is 20.5. The van der Waals surface area contributed by atoms with E-state index in [2.05, 4.69) is 6.92 Å². The molecule has 0 aliphatic rings. The summed E-state index contributed by atoms with van der Waals surface area (Å²) in [5.74, 6) is -0.843. The fraction of sp³-hybridized carbons (Fsp3) is 0.714. The molecule has 1 atom stereocenters. The van der Waals surface area contributed by atoms with Crippen LogP contribution in [0.2, 0.25) is 0 Å². The quantitative estimate of drug-likeness (QED) is 0.210. The Morgan fingerprint density at radius 1 is 0.719 bits per heavy atom. The number of carboxylic acid groups (broad SMARTS) is 1. The van der Waals surface area contributed by atoms with Crippen molar-refractivity contribution in [3.05, 3.63) is 35.4 Å². The van der Waals surface area contributed by atoms with Gasteiger partial charge in [-0.2, -0.15) is 0 Å². The Morgan fingerprint density at radius 3 is 1.72 bits per heavy atom. The molecule has 0 saturated carbocycles. The van der Waals surface area contributed by atoms with Crippen molar-refractivity contribution in [2.75, 3.05) is 0 Å². The first kappa shape index (κ1) is 28.4. The normalized spacial score (nSPS) is 13.1. The van der Waals surface area contributed by atoms with Gasteiger partial charge in [0.15, 0.2) is 5.78 Å². The molecule has 0 amide bonds. The molecule has 0 radical (unpaired) electrons. The molecule has 1 aromatic rings. The van der Waals surface area contributed by atoms with Crippen molar-refractivity contribution in [1.29, 1.82) is 0 Å². The Kier molecular flexibility index (Phi) is 15.0. The Bertz CT molecular complexity index is 637. The molecule has 1 unspecified atom stereocenters. The number of aliphatic carboxylic acids is 1. The van der Waals surface area contributed by atoms with Crippen molar-refractivity contribution in [3.63, 3.8) is 0 Å². The van der Waals surface area contributed by atoms with Crippen molar-refractivity contribution in [2.24, 2.45) is 0 Å². The van der Waals surface area contributed by atoms with E-state index < -0.39 is 11.6 Å². The van der Waals surface area contributed by atoms with Gasteiger partial charge in [-0.1, -0.05) is 109 Å². The highest BCUT2D eigenvalue weighted by Gasteiger charge is 2.34. The Labute approximate surface area is 195 Å². The summed E-state index contributed by atoms with van der Waals surface area (Å²) in [7, 11) is 0. The number of benzene rings is 1. The minimum absolute atomic E-state index is 0.0368. The van der Waals surface area contributed by atoms with Crippen LogP contribution in [-0.2, 0) is 22.4 Å². The summed E-state index contributed by atoms with van der Waals surface area (Å²) in [5.41, 5.74) is 0.588. The number of unbranched alkanes of at least 4 members (excludes halogenated alkanes) is 10. The third-order valence-electron chi connectivity index (χ3n) is 6.34. The van der Waals surface area contributed by atoms with Gasteiger partial charge in [-0.05, 0) is 30.4 Å². The molecule has 182 valence electrons. The third kappa shape index (κ3) is 12.4. The fourth-order valence-electron chi connectivity index (χ4n) is 4.34. The largest absolute Gasteiger partial charge is 0.481 e. The summed E-state index contributed by atoms with van der Waals surface area (Å²) in [6, 6.07) is 7.62. The first-order chi connectivity index (χ1) is 15.4. The number of hydrogen-bond donors (Lipinski definition) is 2. The van der Waals surface area contributed by atoms with E-state index in [0.717, 1.165) is 30.4 Å². The highest BCUT2D eigenvalue weighted by molar-refractivity contribution is 5.87. The SMILES string of the molecule is CCCCCCCCCCCCCC(=O)C(O)(CCC)Cc1ccc(CCC(=O)O)cc1. The topological polar surface area (TPSA) is 74.6 Å². The van der Waals surface area contributed by atoms with E-state index in [4.69, 9.17) is 5.11 Å². The van der Waals surface area contributed by atoms with Gasteiger partial charge in [-0.25, -0.2) is 0 Å². The van der Waals surface area contributed by atoms with Gasteiger partial charge >= 0.3 is 5.97 Å². The van der Waals surface area contributed by atoms with Crippen LogP contribution in [0.1, 0.15) is 121 Å². The molecule has 2 N–H and O–H groups in total. The molecule has 4 nitrogen and oxygen atoms in total. The highest BCUT2D eigenvalue weighted by atomic mass is 16.4. The molecule has 32 heavy (non-hydrogen) atoms. The lowest BCUT2D eigenvalue weighted by Gasteiger charge is -2.27. The predicted molar refractivity (Wildman–Crippen MR) is 132 cm³/mol. The Hall–Kier alpha value is -1.68. The Morgan fingerprint density at radius 2 is 1.22 bits per heavy atom. The van der Waals surface area contributed by atoms with Crippen LogP contribution < -0.4 is 0 Å². The number of aryl methyl sites for hydroxylation is 1. The number of carboxylic acids is 1. The van der Waals surface area contributed by atoms with E-state index >= 15 is 0 Å². The molecular formula is C28H46O4. The Balaban J connectivity index is 2.34. The number of Topliss-reactive ketones (excluding diaryl/α,β-unsaturated/α-hetero) is 1. The maximum atomic E-state index is 12.8. The van der Waals surface area contributed by atoms with E-state index in [9.17, 15) is 14.7 Å². The van der Waals surface area contributed by atoms with Gasteiger partial charge in [-0.15, -0.1) is 0 Å². The van der Waals surface area contributed by atoms with Crippen molar-refractivity contribution < 1.29 is 19.8 Å². The van der Waals surface area contributed by atoms with E-state index in [-0.39, 0.29) is 12.2 Å². The molecule has 0 bridgehead atoms. The fourth-order valence-corrected chi connectivity index (χ4v) is 4.34. The minimum Gasteiger partial charge on any atom is -0.481 e. The molecule has 1 rings (SSSR count). The van der Waals surface area contributed by atoms with Gasteiger partial charge in [-0.3, -0.25) is 9.59 Å². The number of carbonyl (C=O) groups excluding carboxylic acids is 1. The van der Waals surface area contributed by atoms with Crippen molar-refractivity contribution >= 4 is 11.8 Å². The van der Waals surface area contributed by atoms with Gasteiger partial charge in [0.2, 0.25) is 0 Å². The smallest absolute Gasteiger partial charge is 0.303 e. The van der Waals surface area contributed by atoms with Crippen molar-refractivity contribution in [1.82, 2.24) is 0 Å². The van der Waals surface area contributed by atoms with Crippen LogP contribution in [0, 0.1) is 0 Å².